The van der Waals surface area contributed by atoms with Gasteiger partial charge in [-0.1, -0.05) is 36.4 Å². The van der Waals surface area contributed by atoms with E-state index in [0.29, 0.717) is 28.3 Å². The summed E-state index contributed by atoms with van der Waals surface area (Å²) in [6.45, 7) is 4.03. The number of hydrogen-bond acceptors (Lipinski definition) is 8. The summed E-state index contributed by atoms with van der Waals surface area (Å²) in [5, 5.41) is 12.7. The number of aryl methyl sites for hydroxylation is 1. The van der Waals surface area contributed by atoms with E-state index in [1.807, 2.05) is 49.4 Å². The van der Waals surface area contributed by atoms with Gasteiger partial charge in [0, 0.05) is 6.20 Å². The van der Waals surface area contributed by atoms with Gasteiger partial charge in [0.05, 0.1) is 30.1 Å². The molecule has 0 radical (unpaired) electrons. The zero-order valence-corrected chi connectivity index (χ0v) is 20.2. The number of pyridine rings is 1. The average molecular weight is 494 g/mol. The summed E-state index contributed by atoms with van der Waals surface area (Å²) in [6.07, 6.45) is 4.94. The third-order valence-corrected chi connectivity index (χ3v) is 6.38. The van der Waals surface area contributed by atoms with Crippen molar-refractivity contribution in [3.63, 3.8) is 0 Å². The number of carbonyl (C=O) groups excluding carboxylic acids is 1. The fourth-order valence-corrected chi connectivity index (χ4v) is 4.30. The number of nitrogens with one attached hydrogen (secondary N) is 1. The summed E-state index contributed by atoms with van der Waals surface area (Å²) in [5.74, 6) is 0.702. The highest BCUT2D eigenvalue weighted by Crippen LogP contribution is 2.31. The number of hydrogen-bond donors (Lipinski definition) is 2. The van der Waals surface area contributed by atoms with Gasteiger partial charge in [0.25, 0.3) is 5.91 Å². The van der Waals surface area contributed by atoms with E-state index in [2.05, 4.69) is 30.5 Å². The Morgan fingerprint density at radius 2 is 1.89 bits per heavy atom. The van der Waals surface area contributed by atoms with E-state index in [-0.39, 0.29) is 18.4 Å². The van der Waals surface area contributed by atoms with Gasteiger partial charge in [-0.05, 0) is 43.2 Å². The maximum absolute atomic E-state index is 13.9. The highest BCUT2D eigenvalue weighted by molar-refractivity contribution is 5.94. The topological polar surface area (TPSA) is 142 Å². The quantitative estimate of drug-likeness (QED) is 0.360. The summed E-state index contributed by atoms with van der Waals surface area (Å²) in [5.41, 5.74) is 8.42. The van der Waals surface area contributed by atoms with Gasteiger partial charge in [0.2, 0.25) is 11.8 Å². The molecule has 5 aromatic heterocycles. The molecule has 1 amide bonds. The molecule has 1 atom stereocenters. The number of amides is 1. The van der Waals surface area contributed by atoms with Gasteiger partial charge in [-0.3, -0.25) is 9.78 Å². The van der Waals surface area contributed by atoms with Gasteiger partial charge in [-0.15, -0.1) is 5.10 Å². The Kier molecular flexibility index (Phi) is 5.18. The number of nitrogens with two attached hydrogens (primary N) is 1. The molecular formula is C26H23N9O2. The zero-order chi connectivity index (χ0) is 25.6. The van der Waals surface area contributed by atoms with Crippen molar-refractivity contribution in [3.05, 3.63) is 90.1 Å². The lowest BCUT2D eigenvalue weighted by Crippen LogP contribution is -2.48. The Balaban J connectivity index is 1.47. The lowest BCUT2D eigenvalue weighted by Gasteiger charge is -2.29. The third kappa shape index (κ3) is 3.68. The first kappa shape index (κ1) is 22.4. The first-order valence-corrected chi connectivity index (χ1v) is 11.6. The minimum absolute atomic E-state index is 0.106. The lowest BCUT2D eigenvalue weighted by atomic mass is 9.91. The van der Waals surface area contributed by atoms with E-state index in [1.54, 1.807) is 42.4 Å². The molecule has 0 saturated carbocycles. The molecule has 11 nitrogen and oxygen atoms in total. The molecule has 5 heterocycles. The van der Waals surface area contributed by atoms with Crippen LogP contribution in [0.5, 0.6) is 0 Å². The molecule has 11 heteroatoms. The maximum Gasteiger partial charge on any atom is 0.252 e. The average Bonchev–Trinajstić information content (AvgIpc) is 3.68. The van der Waals surface area contributed by atoms with Crippen LogP contribution in [0.25, 0.3) is 28.3 Å². The van der Waals surface area contributed by atoms with Gasteiger partial charge in [0.15, 0.2) is 22.6 Å². The Labute approximate surface area is 211 Å². The number of nitrogens with zero attached hydrogens (tertiary/aromatic N) is 7. The van der Waals surface area contributed by atoms with Crippen molar-refractivity contribution in [2.45, 2.75) is 25.9 Å². The fraction of sp³-hybridized carbons (Fsp3) is 0.154. The van der Waals surface area contributed by atoms with E-state index >= 15 is 0 Å². The second kappa shape index (κ2) is 8.55. The molecule has 1 unspecified atom stereocenters. The number of carbonyl (C=O) groups is 1. The van der Waals surface area contributed by atoms with Crippen molar-refractivity contribution in [2.24, 2.45) is 0 Å². The Morgan fingerprint density at radius 1 is 1.05 bits per heavy atom. The number of benzene rings is 1. The van der Waals surface area contributed by atoms with Gasteiger partial charge in [-0.2, -0.15) is 14.6 Å². The van der Waals surface area contributed by atoms with Crippen LogP contribution in [0.3, 0.4) is 0 Å². The van der Waals surface area contributed by atoms with Crippen LogP contribution in [0.15, 0.2) is 77.7 Å². The number of fused-ring (bicyclic) bond motifs is 3. The van der Waals surface area contributed by atoms with Crippen LogP contribution in [0.2, 0.25) is 0 Å². The number of anilines is 1. The highest BCUT2D eigenvalue weighted by atomic mass is 16.3. The molecule has 1 aromatic carbocycles. The van der Waals surface area contributed by atoms with E-state index in [4.69, 9.17) is 10.2 Å². The third-order valence-electron chi connectivity index (χ3n) is 6.38. The SMILES string of the molecule is Cc1ccc(CNC(=O)C(C)(c2ccccc2)n2ncc3c2nc(N)n2nc(-c4ccco4)nc32)nc1. The molecule has 0 aliphatic heterocycles. The number of nitrogen functional groups attached to an aromatic ring is 1. The molecule has 37 heavy (non-hydrogen) atoms. The van der Waals surface area contributed by atoms with Gasteiger partial charge >= 0.3 is 0 Å². The van der Waals surface area contributed by atoms with Crippen LogP contribution < -0.4 is 11.1 Å². The molecule has 184 valence electrons. The molecule has 0 fully saturated rings. The van der Waals surface area contributed by atoms with Crippen molar-refractivity contribution in [1.82, 2.24) is 39.7 Å². The summed E-state index contributed by atoms with van der Waals surface area (Å²) < 4.78 is 8.46. The van der Waals surface area contributed by atoms with E-state index < -0.39 is 5.54 Å². The molecule has 6 rings (SSSR count). The van der Waals surface area contributed by atoms with E-state index in [1.165, 1.54) is 4.52 Å². The van der Waals surface area contributed by atoms with Crippen molar-refractivity contribution in [1.29, 1.82) is 0 Å². The molecular weight excluding hydrogens is 470 g/mol. The van der Waals surface area contributed by atoms with Crippen molar-refractivity contribution >= 4 is 28.5 Å². The minimum Gasteiger partial charge on any atom is -0.461 e. The van der Waals surface area contributed by atoms with Gasteiger partial charge < -0.3 is 15.5 Å². The normalized spacial score (nSPS) is 13.1. The predicted molar refractivity (Wildman–Crippen MR) is 136 cm³/mol. The molecule has 0 spiro atoms. The highest BCUT2D eigenvalue weighted by Gasteiger charge is 2.40. The van der Waals surface area contributed by atoms with E-state index in [9.17, 15) is 4.79 Å². The fourth-order valence-electron chi connectivity index (χ4n) is 4.30. The second-order valence-electron chi connectivity index (χ2n) is 8.86. The zero-order valence-electron chi connectivity index (χ0n) is 20.2. The van der Waals surface area contributed by atoms with Crippen LogP contribution in [0, 0.1) is 6.92 Å². The minimum atomic E-state index is -1.25. The Morgan fingerprint density at radius 3 is 2.62 bits per heavy atom. The molecule has 0 aliphatic carbocycles. The first-order valence-electron chi connectivity index (χ1n) is 11.6. The molecule has 0 saturated heterocycles. The summed E-state index contributed by atoms with van der Waals surface area (Å²) in [6, 6.07) is 16.8. The lowest BCUT2D eigenvalue weighted by molar-refractivity contribution is -0.127. The number of aromatic nitrogens is 7. The van der Waals surface area contributed by atoms with Crippen molar-refractivity contribution in [2.75, 3.05) is 5.73 Å². The largest absolute Gasteiger partial charge is 0.461 e. The summed E-state index contributed by atoms with van der Waals surface area (Å²) in [4.78, 5) is 27.4. The standard InChI is InChI=1S/C26H23N9O2/c1-16-10-11-18(28-13-16)14-29-24(36)26(2,17-7-4-3-5-8-17)35-23-19(15-30-35)22-31-21(20-9-6-12-37-20)33-34(22)25(27)32-23/h3-13,15H,14H2,1-2H3,(H2,27,32)(H,29,36). The van der Waals surface area contributed by atoms with Crippen LogP contribution in [0.1, 0.15) is 23.7 Å². The van der Waals surface area contributed by atoms with E-state index in [0.717, 1.165) is 16.8 Å². The van der Waals surface area contributed by atoms with Crippen LogP contribution in [-0.4, -0.2) is 40.3 Å². The molecule has 0 bridgehead atoms. The van der Waals surface area contributed by atoms with Crippen molar-refractivity contribution < 1.29 is 9.21 Å². The number of furan rings is 1. The van der Waals surface area contributed by atoms with Crippen molar-refractivity contribution in [3.8, 4) is 11.6 Å². The van der Waals surface area contributed by atoms with Crippen LogP contribution in [0.4, 0.5) is 5.95 Å². The summed E-state index contributed by atoms with van der Waals surface area (Å²) >= 11 is 0. The van der Waals surface area contributed by atoms with Gasteiger partial charge in [0.1, 0.15) is 0 Å². The smallest absolute Gasteiger partial charge is 0.252 e. The monoisotopic (exact) mass is 493 g/mol. The summed E-state index contributed by atoms with van der Waals surface area (Å²) in [7, 11) is 0. The second-order valence-corrected chi connectivity index (χ2v) is 8.86. The maximum atomic E-state index is 13.9. The number of rotatable bonds is 6. The molecule has 0 aliphatic rings. The molecule has 6 aromatic rings. The molecule has 3 N–H and O–H groups in total. The van der Waals surface area contributed by atoms with Crippen LogP contribution >= 0.6 is 0 Å². The predicted octanol–water partition coefficient (Wildman–Crippen LogP) is 3.10. The Bertz CT molecular complexity index is 1720. The first-order chi connectivity index (χ1) is 17.9. The Hall–Kier alpha value is -5.06. The van der Waals surface area contributed by atoms with Gasteiger partial charge in [-0.25, -0.2) is 9.67 Å². The van der Waals surface area contributed by atoms with Crippen LogP contribution in [-0.2, 0) is 16.9 Å².